The van der Waals surface area contributed by atoms with Crippen molar-refractivity contribution in [2.45, 2.75) is 0 Å². The molecule has 1 atom stereocenters. The van der Waals surface area contributed by atoms with Gasteiger partial charge in [-0.25, -0.2) is 5.01 Å². The molecule has 6 heteroatoms. The summed E-state index contributed by atoms with van der Waals surface area (Å²) in [4.78, 5) is 16.5. The molecule has 0 fully saturated rings. The zero-order valence-corrected chi connectivity index (χ0v) is 12.6. The number of ether oxygens (including phenoxy) is 2. The van der Waals surface area contributed by atoms with Crippen molar-refractivity contribution in [3.63, 3.8) is 0 Å². The van der Waals surface area contributed by atoms with Crippen LogP contribution in [-0.4, -0.2) is 41.9 Å². The van der Waals surface area contributed by atoms with Crippen LogP contribution in [0.25, 0.3) is 0 Å². The second-order valence-corrected chi connectivity index (χ2v) is 5.48. The minimum atomic E-state index is -0.143. The molecule has 2 aliphatic heterocycles. The number of aromatic nitrogens is 1. The number of methoxy groups -OCH3 is 1. The highest BCUT2D eigenvalue weighted by atomic mass is 16.5. The minimum absolute atomic E-state index is 0.0940. The number of hydrogen-bond donors (Lipinski definition) is 0. The van der Waals surface area contributed by atoms with E-state index in [-0.39, 0.29) is 11.8 Å². The van der Waals surface area contributed by atoms with E-state index in [2.05, 4.69) is 10.1 Å². The first-order chi connectivity index (χ1) is 11.3. The Labute approximate surface area is 133 Å². The van der Waals surface area contributed by atoms with Gasteiger partial charge in [0.25, 0.3) is 5.91 Å². The van der Waals surface area contributed by atoms with Crippen molar-refractivity contribution in [1.29, 1.82) is 0 Å². The van der Waals surface area contributed by atoms with Crippen molar-refractivity contribution >= 4 is 11.6 Å². The molecular formula is C17H15N3O3. The van der Waals surface area contributed by atoms with Crippen LogP contribution in [0, 0.1) is 5.92 Å². The molecule has 1 aromatic heterocycles. The molecule has 4 rings (SSSR count). The predicted octanol–water partition coefficient (Wildman–Crippen LogP) is 1.96. The van der Waals surface area contributed by atoms with E-state index in [4.69, 9.17) is 9.47 Å². The lowest BCUT2D eigenvalue weighted by Gasteiger charge is -2.22. The van der Waals surface area contributed by atoms with Gasteiger partial charge in [-0.2, -0.15) is 5.10 Å². The largest absolute Gasteiger partial charge is 0.497 e. The van der Waals surface area contributed by atoms with E-state index >= 15 is 0 Å². The molecule has 1 aromatic carbocycles. The second kappa shape index (κ2) is 5.39. The van der Waals surface area contributed by atoms with Gasteiger partial charge >= 0.3 is 0 Å². The molecule has 0 spiro atoms. The summed E-state index contributed by atoms with van der Waals surface area (Å²) < 4.78 is 11.0. The SMILES string of the molecule is COc1ccc2c(c1)OCC1CN(C(=O)c3cccnc3)N=C21. The topological polar surface area (TPSA) is 64.0 Å². The quantitative estimate of drug-likeness (QED) is 0.850. The van der Waals surface area contributed by atoms with Crippen LogP contribution in [0.2, 0.25) is 0 Å². The van der Waals surface area contributed by atoms with Gasteiger partial charge in [-0.3, -0.25) is 9.78 Å². The third-order valence-electron chi connectivity index (χ3n) is 4.06. The molecule has 0 bridgehead atoms. The average molecular weight is 309 g/mol. The van der Waals surface area contributed by atoms with Crippen molar-refractivity contribution in [2.75, 3.05) is 20.3 Å². The third-order valence-corrected chi connectivity index (χ3v) is 4.06. The number of amides is 1. The molecule has 116 valence electrons. The fourth-order valence-corrected chi connectivity index (χ4v) is 2.87. The normalized spacial score (nSPS) is 18.6. The van der Waals surface area contributed by atoms with Crippen LogP contribution in [0.1, 0.15) is 15.9 Å². The van der Waals surface area contributed by atoms with Gasteiger partial charge in [-0.15, -0.1) is 0 Å². The maximum atomic E-state index is 12.5. The van der Waals surface area contributed by atoms with Gasteiger partial charge in [0.05, 0.1) is 37.5 Å². The van der Waals surface area contributed by atoms with Crippen molar-refractivity contribution in [2.24, 2.45) is 11.0 Å². The van der Waals surface area contributed by atoms with E-state index in [1.54, 1.807) is 31.6 Å². The van der Waals surface area contributed by atoms with Crippen LogP contribution < -0.4 is 9.47 Å². The minimum Gasteiger partial charge on any atom is -0.497 e. The van der Waals surface area contributed by atoms with E-state index < -0.39 is 0 Å². The average Bonchev–Trinajstić information content (AvgIpc) is 3.06. The lowest BCUT2D eigenvalue weighted by molar-refractivity contribution is 0.0760. The van der Waals surface area contributed by atoms with Crippen molar-refractivity contribution in [3.05, 3.63) is 53.9 Å². The van der Waals surface area contributed by atoms with Crippen molar-refractivity contribution in [3.8, 4) is 11.5 Å². The Bertz CT molecular complexity index is 789. The highest BCUT2D eigenvalue weighted by Crippen LogP contribution is 2.34. The van der Waals surface area contributed by atoms with Gasteiger partial charge in [0.1, 0.15) is 11.5 Å². The molecule has 2 aromatic rings. The predicted molar refractivity (Wildman–Crippen MR) is 83.8 cm³/mol. The highest BCUT2D eigenvalue weighted by molar-refractivity contribution is 6.08. The highest BCUT2D eigenvalue weighted by Gasteiger charge is 2.36. The molecule has 1 amide bonds. The Morgan fingerprint density at radius 3 is 3.09 bits per heavy atom. The molecule has 1 unspecified atom stereocenters. The molecular weight excluding hydrogens is 294 g/mol. The molecule has 0 N–H and O–H groups in total. The number of hydrogen-bond acceptors (Lipinski definition) is 5. The molecule has 6 nitrogen and oxygen atoms in total. The maximum absolute atomic E-state index is 12.5. The summed E-state index contributed by atoms with van der Waals surface area (Å²) >= 11 is 0. The number of carbonyl (C=O) groups excluding carboxylic acids is 1. The van der Waals surface area contributed by atoms with E-state index in [1.807, 2.05) is 18.2 Å². The Morgan fingerprint density at radius 1 is 1.39 bits per heavy atom. The third kappa shape index (κ3) is 2.32. The Hall–Kier alpha value is -2.89. The molecule has 0 saturated heterocycles. The zero-order chi connectivity index (χ0) is 15.8. The number of pyridine rings is 1. The number of rotatable bonds is 2. The lowest BCUT2D eigenvalue weighted by atomic mass is 9.95. The Morgan fingerprint density at radius 2 is 2.30 bits per heavy atom. The van der Waals surface area contributed by atoms with Gasteiger partial charge in [0.2, 0.25) is 0 Å². The maximum Gasteiger partial charge on any atom is 0.275 e. The summed E-state index contributed by atoms with van der Waals surface area (Å²) in [5.74, 6) is 1.44. The number of nitrogens with zero attached hydrogens (tertiary/aromatic N) is 3. The summed E-state index contributed by atoms with van der Waals surface area (Å²) in [5, 5.41) is 6.03. The summed E-state index contributed by atoms with van der Waals surface area (Å²) in [7, 11) is 1.62. The van der Waals surface area contributed by atoms with Crippen LogP contribution in [0.4, 0.5) is 0 Å². The smallest absolute Gasteiger partial charge is 0.275 e. The van der Waals surface area contributed by atoms with Crippen molar-refractivity contribution < 1.29 is 14.3 Å². The number of benzene rings is 1. The molecule has 23 heavy (non-hydrogen) atoms. The standard InChI is InChI=1S/C17H15N3O3/c1-22-13-4-5-14-15(7-13)23-10-12-9-20(19-16(12)14)17(21)11-3-2-6-18-8-11/h2-8,12H,9-10H2,1H3. The summed E-state index contributed by atoms with van der Waals surface area (Å²) in [6.45, 7) is 1.03. The van der Waals surface area contributed by atoms with Gasteiger partial charge in [0.15, 0.2) is 0 Å². The van der Waals surface area contributed by atoms with Gasteiger partial charge in [-0.1, -0.05) is 0 Å². The number of fused-ring (bicyclic) bond motifs is 3. The first kappa shape index (κ1) is 13.8. The molecule has 0 radical (unpaired) electrons. The summed E-state index contributed by atoms with van der Waals surface area (Å²) in [6, 6.07) is 9.14. The van der Waals surface area contributed by atoms with Crippen LogP contribution >= 0.6 is 0 Å². The first-order valence-corrected chi connectivity index (χ1v) is 7.38. The summed E-state index contributed by atoms with van der Waals surface area (Å²) in [5.41, 5.74) is 2.35. The van der Waals surface area contributed by atoms with Crippen LogP contribution in [0.3, 0.4) is 0 Å². The monoisotopic (exact) mass is 309 g/mol. The summed E-state index contributed by atoms with van der Waals surface area (Å²) in [6.07, 6.45) is 3.20. The van der Waals surface area contributed by atoms with E-state index in [0.717, 1.165) is 22.8 Å². The Balaban J connectivity index is 1.66. The lowest BCUT2D eigenvalue weighted by Crippen LogP contribution is -2.31. The molecule has 0 saturated carbocycles. The van der Waals surface area contributed by atoms with Crippen LogP contribution in [0.5, 0.6) is 11.5 Å². The fraction of sp³-hybridized carbons (Fsp3) is 0.235. The van der Waals surface area contributed by atoms with Crippen LogP contribution in [0.15, 0.2) is 47.8 Å². The van der Waals surface area contributed by atoms with Gasteiger partial charge in [0, 0.05) is 24.0 Å². The van der Waals surface area contributed by atoms with E-state index in [1.165, 1.54) is 5.01 Å². The Kier molecular flexibility index (Phi) is 3.22. The van der Waals surface area contributed by atoms with E-state index in [9.17, 15) is 4.79 Å². The van der Waals surface area contributed by atoms with E-state index in [0.29, 0.717) is 18.7 Å². The first-order valence-electron chi connectivity index (χ1n) is 7.38. The van der Waals surface area contributed by atoms with Crippen LogP contribution in [-0.2, 0) is 0 Å². The molecule has 0 aliphatic carbocycles. The second-order valence-electron chi connectivity index (χ2n) is 5.48. The zero-order valence-electron chi connectivity index (χ0n) is 12.6. The fourth-order valence-electron chi connectivity index (χ4n) is 2.87. The molecule has 2 aliphatic rings. The molecule has 3 heterocycles. The number of carbonyl (C=O) groups is 1. The number of hydrazone groups is 1. The van der Waals surface area contributed by atoms with Gasteiger partial charge in [-0.05, 0) is 24.3 Å². The van der Waals surface area contributed by atoms with Crippen molar-refractivity contribution in [1.82, 2.24) is 9.99 Å². The van der Waals surface area contributed by atoms with Gasteiger partial charge < -0.3 is 9.47 Å².